The van der Waals surface area contributed by atoms with Crippen LogP contribution < -0.4 is 11.2 Å². The molecule has 0 aliphatic carbocycles. The van der Waals surface area contributed by atoms with E-state index in [4.69, 9.17) is 0 Å². The van der Waals surface area contributed by atoms with Gasteiger partial charge >= 0.3 is 11.7 Å². The molecule has 2 rings (SSSR count). The monoisotopic (exact) mass is 309 g/mol. The number of aromatic amines is 1. The topological polar surface area (TPSA) is 112 Å². The minimum absolute atomic E-state index is 0.103. The van der Waals surface area contributed by atoms with Crippen molar-refractivity contribution in [1.82, 2.24) is 14.5 Å². The number of carbonyl (C=O) groups is 2. The molecule has 2 N–H and O–H groups in total. The van der Waals surface area contributed by atoms with E-state index in [9.17, 15) is 24.3 Å². The van der Waals surface area contributed by atoms with Crippen molar-refractivity contribution in [3.8, 4) is 0 Å². The highest BCUT2D eigenvalue weighted by atomic mass is 16.4. The van der Waals surface area contributed by atoms with Crippen molar-refractivity contribution < 1.29 is 14.7 Å². The Morgan fingerprint density at radius 1 is 1.36 bits per heavy atom. The molecule has 1 amide bonds. The van der Waals surface area contributed by atoms with Crippen LogP contribution in [0.3, 0.4) is 0 Å². The molecule has 1 aromatic rings. The van der Waals surface area contributed by atoms with E-state index >= 15 is 0 Å². The predicted octanol–water partition coefficient (Wildman–Crippen LogP) is -0.648. The second-order valence-electron chi connectivity index (χ2n) is 5.89. The lowest BCUT2D eigenvalue weighted by Crippen LogP contribution is -2.37. The summed E-state index contributed by atoms with van der Waals surface area (Å²) in [7, 11) is 0. The molecule has 120 valence electrons. The summed E-state index contributed by atoms with van der Waals surface area (Å²) >= 11 is 0. The van der Waals surface area contributed by atoms with Crippen LogP contribution in [-0.4, -0.2) is 44.5 Å². The summed E-state index contributed by atoms with van der Waals surface area (Å²) in [6.07, 6.45) is 1.25. The summed E-state index contributed by atoms with van der Waals surface area (Å²) in [5, 5.41) is 9.26. The lowest BCUT2D eigenvalue weighted by atomic mass is 9.86. The third-order valence-electron chi connectivity index (χ3n) is 4.09. The van der Waals surface area contributed by atoms with Crippen LogP contribution in [0.4, 0.5) is 0 Å². The summed E-state index contributed by atoms with van der Waals surface area (Å²) in [5.41, 5.74) is -1.18. The number of H-pyrrole nitrogens is 1. The number of aliphatic carboxylic acids is 1. The van der Waals surface area contributed by atoms with Gasteiger partial charge in [0.15, 0.2) is 0 Å². The molecule has 2 atom stereocenters. The van der Waals surface area contributed by atoms with Crippen molar-refractivity contribution in [1.29, 1.82) is 0 Å². The Morgan fingerprint density at radius 3 is 2.55 bits per heavy atom. The van der Waals surface area contributed by atoms with Gasteiger partial charge in [-0.3, -0.25) is 23.9 Å². The van der Waals surface area contributed by atoms with E-state index in [1.807, 2.05) is 13.8 Å². The smallest absolute Gasteiger partial charge is 0.328 e. The zero-order chi connectivity index (χ0) is 16.4. The highest BCUT2D eigenvalue weighted by Crippen LogP contribution is 2.30. The minimum atomic E-state index is -0.907. The minimum Gasteiger partial charge on any atom is -0.481 e. The molecule has 1 aromatic heterocycles. The lowest BCUT2D eigenvalue weighted by molar-refractivity contribution is -0.143. The van der Waals surface area contributed by atoms with E-state index in [1.165, 1.54) is 11.1 Å². The normalized spacial score (nSPS) is 21.3. The zero-order valence-electron chi connectivity index (χ0n) is 12.5. The van der Waals surface area contributed by atoms with E-state index < -0.39 is 23.1 Å². The van der Waals surface area contributed by atoms with E-state index in [2.05, 4.69) is 4.98 Å². The fraction of sp³-hybridized carbons (Fsp3) is 0.571. The number of carboxylic acid groups (broad SMARTS) is 1. The quantitative estimate of drug-likeness (QED) is 0.767. The summed E-state index contributed by atoms with van der Waals surface area (Å²) in [4.78, 5) is 49.7. The molecule has 1 aliphatic heterocycles. The highest BCUT2D eigenvalue weighted by molar-refractivity contribution is 5.78. The third kappa shape index (κ3) is 3.26. The number of carboxylic acids is 1. The van der Waals surface area contributed by atoms with Crippen LogP contribution in [0.25, 0.3) is 0 Å². The lowest BCUT2D eigenvalue weighted by Gasteiger charge is -2.19. The number of likely N-dealkylation sites (tertiary alicyclic amines) is 1. The molecule has 2 heterocycles. The van der Waals surface area contributed by atoms with E-state index in [0.29, 0.717) is 6.54 Å². The Labute approximate surface area is 126 Å². The van der Waals surface area contributed by atoms with Gasteiger partial charge < -0.3 is 10.0 Å². The molecule has 0 unspecified atom stereocenters. The van der Waals surface area contributed by atoms with Crippen LogP contribution in [0.5, 0.6) is 0 Å². The zero-order valence-corrected chi connectivity index (χ0v) is 12.5. The molecule has 8 nitrogen and oxygen atoms in total. The molecular weight excluding hydrogens is 290 g/mol. The Hall–Kier alpha value is -2.38. The van der Waals surface area contributed by atoms with Gasteiger partial charge in [0.1, 0.15) is 6.54 Å². The van der Waals surface area contributed by atoms with Crippen molar-refractivity contribution in [2.45, 2.75) is 20.4 Å². The molecule has 0 radical (unpaired) electrons. The van der Waals surface area contributed by atoms with Gasteiger partial charge in [0.25, 0.3) is 5.56 Å². The molecule has 1 aliphatic rings. The standard InChI is InChI=1S/C14H19N3O5/c1-8(2)9-5-17(6-10(9)13(20)21)12(19)7-16-4-3-11(18)15-14(16)22/h3-4,8-10H,5-7H2,1-2H3,(H,20,21)(H,15,18,22)/t9-,10+/m0/s1. The van der Waals surface area contributed by atoms with Crippen molar-refractivity contribution >= 4 is 11.9 Å². The average molecular weight is 309 g/mol. The van der Waals surface area contributed by atoms with Crippen molar-refractivity contribution in [2.24, 2.45) is 17.8 Å². The van der Waals surface area contributed by atoms with Gasteiger partial charge in [-0.05, 0) is 11.8 Å². The number of nitrogens with one attached hydrogen (secondary N) is 1. The number of amides is 1. The number of rotatable bonds is 4. The van der Waals surface area contributed by atoms with Crippen LogP contribution in [-0.2, 0) is 16.1 Å². The van der Waals surface area contributed by atoms with Gasteiger partial charge in [-0.1, -0.05) is 13.8 Å². The molecule has 0 bridgehead atoms. The molecule has 0 saturated carbocycles. The van der Waals surface area contributed by atoms with Gasteiger partial charge in [-0.15, -0.1) is 0 Å². The van der Waals surface area contributed by atoms with Gasteiger partial charge in [0, 0.05) is 25.4 Å². The first-order valence-electron chi connectivity index (χ1n) is 7.10. The van der Waals surface area contributed by atoms with Gasteiger partial charge in [-0.2, -0.15) is 0 Å². The number of aromatic nitrogens is 2. The second kappa shape index (κ2) is 6.17. The molecule has 0 spiro atoms. The first kappa shape index (κ1) is 16.0. The first-order chi connectivity index (χ1) is 10.3. The van der Waals surface area contributed by atoms with E-state index in [0.717, 1.165) is 10.6 Å². The Kier molecular flexibility index (Phi) is 4.48. The Bertz CT molecular complexity index is 690. The van der Waals surface area contributed by atoms with E-state index in [-0.39, 0.29) is 30.8 Å². The molecule has 0 aromatic carbocycles. The number of hydrogen-bond acceptors (Lipinski definition) is 4. The Morgan fingerprint density at radius 2 is 2.05 bits per heavy atom. The number of nitrogens with zero attached hydrogens (tertiary/aromatic N) is 2. The third-order valence-corrected chi connectivity index (χ3v) is 4.09. The van der Waals surface area contributed by atoms with E-state index in [1.54, 1.807) is 0 Å². The first-order valence-corrected chi connectivity index (χ1v) is 7.10. The van der Waals surface area contributed by atoms with Crippen LogP contribution in [0.2, 0.25) is 0 Å². The molecule has 22 heavy (non-hydrogen) atoms. The van der Waals surface area contributed by atoms with Gasteiger partial charge in [-0.25, -0.2) is 4.79 Å². The summed E-state index contributed by atoms with van der Waals surface area (Å²) < 4.78 is 1.10. The van der Waals surface area contributed by atoms with Crippen molar-refractivity contribution in [2.75, 3.05) is 13.1 Å². The SMILES string of the molecule is CC(C)[C@@H]1CN(C(=O)Cn2ccc(=O)[nH]c2=O)C[C@H]1C(=O)O. The molecular formula is C14H19N3O5. The number of hydrogen-bond donors (Lipinski definition) is 2. The van der Waals surface area contributed by atoms with Crippen LogP contribution in [0.1, 0.15) is 13.8 Å². The van der Waals surface area contributed by atoms with Crippen LogP contribution in [0.15, 0.2) is 21.9 Å². The average Bonchev–Trinajstić information content (AvgIpc) is 2.87. The summed E-state index contributed by atoms with van der Waals surface area (Å²) in [6, 6.07) is 1.16. The number of carbonyl (C=O) groups excluding carboxylic acids is 1. The summed E-state index contributed by atoms with van der Waals surface area (Å²) in [6.45, 7) is 4.16. The fourth-order valence-electron chi connectivity index (χ4n) is 2.78. The van der Waals surface area contributed by atoms with Gasteiger partial charge in [0.2, 0.25) is 5.91 Å². The summed E-state index contributed by atoms with van der Waals surface area (Å²) in [5.74, 6) is -1.78. The highest BCUT2D eigenvalue weighted by Gasteiger charge is 2.40. The molecule has 1 saturated heterocycles. The second-order valence-corrected chi connectivity index (χ2v) is 5.89. The maximum Gasteiger partial charge on any atom is 0.328 e. The maximum absolute atomic E-state index is 12.3. The van der Waals surface area contributed by atoms with Gasteiger partial charge in [0.05, 0.1) is 5.92 Å². The van der Waals surface area contributed by atoms with Crippen molar-refractivity contribution in [3.63, 3.8) is 0 Å². The molecule has 8 heteroatoms. The largest absolute Gasteiger partial charge is 0.481 e. The predicted molar refractivity (Wildman–Crippen MR) is 77.4 cm³/mol. The van der Waals surface area contributed by atoms with Crippen LogP contribution in [0, 0.1) is 17.8 Å². The maximum atomic E-state index is 12.3. The van der Waals surface area contributed by atoms with Crippen molar-refractivity contribution in [3.05, 3.63) is 33.1 Å². The fourth-order valence-corrected chi connectivity index (χ4v) is 2.78. The Balaban J connectivity index is 2.12. The van der Waals surface area contributed by atoms with Crippen LogP contribution >= 0.6 is 0 Å². The molecule has 1 fully saturated rings.